The molecule has 6 nitrogen and oxygen atoms in total. The fraction of sp³-hybridized carbons (Fsp3) is 0.421. The molecule has 25 heavy (non-hydrogen) atoms. The summed E-state index contributed by atoms with van der Waals surface area (Å²) >= 11 is 0. The van der Waals surface area contributed by atoms with Gasteiger partial charge in [-0.1, -0.05) is 12.1 Å². The van der Waals surface area contributed by atoms with E-state index in [4.69, 9.17) is 4.98 Å². The molecule has 130 valence electrons. The summed E-state index contributed by atoms with van der Waals surface area (Å²) in [4.78, 5) is 7.15. The first-order valence-electron chi connectivity index (χ1n) is 9.06. The predicted octanol–water partition coefficient (Wildman–Crippen LogP) is 2.60. The second-order valence-electron chi connectivity index (χ2n) is 6.46. The molecular weight excluding hydrogens is 312 g/mol. The van der Waals surface area contributed by atoms with Gasteiger partial charge in [0.15, 0.2) is 5.82 Å². The van der Waals surface area contributed by atoms with E-state index in [0.29, 0.717) is 6.04 Å². The molecule has 0 unspecified atom stereocenters. The number of aromatic nitrogens is 4. The monoisotopic (exact) mass is 336 g/mol. The van der Waals surface area contributed by atoms with Crippen molar-refractivity contribution in [1.29, 1.82) is 0 Å². The molecule has 1 aliphatic rings. The number of anilines is 1. The first-order chi connectivity index (χ1) is 12.4. The third-order valence-corrected chi connectivity index (χ3v) is 4.94. The number of hydrogen-bond acceptors (Lipinski definition) is 5. The van der Waals surface area contributed by atoms with Gasteiger partial charge < -0.3 is 14.8 Å². The first-order valence-corrected chi connectivity index (χ1v) is 9.06. The molecular formula is C19H24N6. The minimum absolute atomic E-state index is 0.469. The van der Waals surface area contributed by atoms with E-state index in [0.717, 1.165) is 43.3 Å². The maximum Gasteiger partial charge on any atom is 0.151 e. The second kappa shape index (κ2) is 7.19. The number of nitrogens with zero attached hydrogens (tertiary/aromatic N) is 5. The summed E-state index contributed by atoms with van der Waals surface area (Å²) in [6.07, 6.45) is 4.12. The smallest absolute Gasteiger partial charge is 0.151 e. The van der Waals surface area contributed by atoms with E-state index < -0.39 is 0 Å². The molecule has 1 aliphatic heterocycles. The Labute approximate surface area is 147 Å². The van der Waals surface area contributed by atoms with Gasteiger partial charge >= 0.3 is 0 Å². The lowest BCUT2D eigenvalue weighted by Gasteiger charge is -2.25. The summed E-state index contributed by atoms with van der Waals surface area (Å²) in [5.74, 6) is 2.08. The molecule has 1 aromatic carbocycles. The van der Waals surface area contributed by atoms with Gasteiger partial charge in [0, 0.05) is 31.9 Å². The quantitative estimate of drug-likeness (QED) is 0.750. The summed E-state index contributed by atoms with van der Waals surface area (Å²) in [5, 5.41) is 11.9. The third-order valence-electron chi connectivity index (χ3n) is 4.94. The third kappa shape index (κ3) is 3.22. The van der Waals surface area contributed by atoms with E-state index in [1.54, 1.807) is 6.20 Å². The summed E-state index contributed by atoms with van der Waals surface area (Å²) in [5.41, 5.74) is 2.28. The molecule has 6 heteroatoms. The van der Waals surface area contributed by atoms with E-state index >= 15 is 0 Å². The van der Waals surface area contributed by atoms with Gasteiger partial charge in [0.25, 0.3) is 0 Å². The average Bonchev–Trinajstić information content (AvgIpc) is 3.26. The molecule has 0 bridgehead atoms. The van der Waals surface area contributed by atoms with Crippen molar-refractivity contribution in [2.24, 2.45) is 0 Å². The SMILES string of the molecule is CCn1c(CNC[C@@H]2CCCN2c2cccnn2)nc2ccccc21. The van der Waals surface area contributed by atoms with Crippen LogP contribution in [0.15, 0.2) is 42.6 Å². The molecule has 0 spiro atoms. The van der Waals surface area contributed by atoms with E-state index in [1.165, 1.54) is 18.4 Å². The zero-order valence-corrected chi connectivity index (χ0v) is 14.6. The lowest BCUT2D eigenvalue weighted by atomic mass is 10.2. The molecule has 3 heterocycles. The van der Waals surface area contributed by atoms with Crippen molar-refractivity contribution < 1.29 is 0 Å². The first kappa shape index (κ1) is 16.0. The molecule has 0 radical (unpaired) electrons. The number of benzene rings is 1. The Kier molecular flexibility index (Phi) is 4.61. The highest BCUT2D eigenvalue weighted by molar-refractivity contribution is 5.75. The molecule has 0 aliphatic carbocycles. The maximum atomic E-state index is 4.79. The largest absolute Gasteiger partial charge is 0.351 e. The number of hydrogen-bond donors (Lipinski definition) is 1. The summed E-state index contributed by atoms with van der Waals surface area (Å²) in [6.45, 7) is 5.88. The fourth-order valence-corrected chi connectivity index (χ4v) is 3.76. The number of nitrogens with one attached hydrogen (secondary N) is 1. The van der Waals surface area contributed by atoms with Crippen LogP contribution in [0.1, 0.15) is 25.6 Å². The number of imidazole rings is 1. The van der Waals surface area contributed by atoms with Crippen LogP contribution in [0.2, 0.25) is 0 Å². The Morgan fingerprint density at radius 1 is 1.20 bits per heavy atom. The number of fused-ring (bicyclic) bond motifs is 1. The van der Waals surface area contributed by atoms with Crippen LogP contribution in [-0.2, 0) is 13.1 Å². The van der Waals surface area contributed by atoms with E-state index in [1.807, 2.05) is 18.2 Å². The summed E-state index contributed by atoms with van der Waals surface area (Å²) in [7, 11) is 0. The highest BCUT2D eigenvalue weighted by Crippen LogP contribution is 2.22. The van der Waals surface area contributed by atoms with Crippen molar-refractivity contribution in [2.75, 3.05) is 18.0 Å². The summed E-state index contributed by atoms with van der Waals surface area (Å²) < 4.78 is 2.29. The Morgan fingerprint density at radius 3 is 2.96 bits per heavy atom. The Balaban J connectivity index is 1.42. The highest BCUT2D eigenvalue weighted by Gasteiger charge is 2.25. The van der Waals surface area contributed by atoms with Crippen molar-refractivity contribution in [3.8, 4) is 0 Å². The van der Waals surface area contributed by atoms with Crippen LogP contribution in [-0.4, -0.2) is 38.9 Å². The van der Waals surface area contributed by atoms with Crippen LogP contribution < -0.4 is 10.2 Å². The van der Waals surface area contributed by atoms with Crippen molar-refractivity contribution in [3.63, 3.8) is 0 Å². The van der Waals surface area contributed by atoms with E-state index in [-0.39, 0.29) is 0 Å². The van der Waals surface area contributed by atoms with Gasteiger partial charge in [-0.25, -0.2) is 4.98 Å². The minimum atomic E-state index is 0.469. The highest BCUT2D eigenvalue weighted by atomic mass is 15.3. The van der Waals surface area contributed by atoms with Gasteiger partial charge in [0.05, 0.1) is 17.6 Å². The van der Waals surface area contributed by atoms with Gasteiger partial charge in [0.1, 0.15) is 5.82 Å². The van der Waals surface area contributed by atoms with Crippen molar-refractivity contribution in [2.45, 2.75) is 38.9 Å². The second-order valence-corrected chi connectivity index (χ2v) is 6.46. The number of aryl methyl sites for hydroxylation is 1. The fourth-order valence-electron chi connectivity index (χ4n) is 3.76. The maximum absolute atomic E-state index is 4.79. The zero-order chi connectivity index (χ0) is 17.1. The predicted molar refractivity (Wildman–Crippen MR) is 99.5 cm³/mol. The minimum Gasteiger partial charge on any atom is -0.351 e. The number of para-hydroxylation sites is 2. The normalized spacial score (nSPS) is 17.5. The van der Waals surface area contributed by atoms with Crippen molar-refractivity contribution in [3.05, 3.63) is 48.4 Å². The van der Waals surface area contributed by atoms with Crippen LogP contribution >= 0.6 is 0 Å². The molecule has 4 rings (SSSR count). The Bertz CT molecular complexity index is 828. The standard InChI is InChI=1S/C19H24N6/c1-2-24-17-9-4-3-8-16(17)22-19(24)14-20-13-15-7-6-12-25(15)18-10-5-11-21-23-18/h3-5,8-11,15,20H,2,6-7,12-14H2,1H3/t15-/m0/s1. The lowest BCUT2D eigenvalue weighted by molar-refractivity contribution is 0.548. The Hall–Kier alpha value is -2.47. The van der Waals surface area contributed by atoms with Gasteiger partial charge in [-0.3, -0.25) is 0 Å². The lowest BCUT2D eigenvalue weighted by Crippen LogP contribution is -2.38. The molecule has 3 aromatic rings. The average molecular weight is 336 g/mol. The molecule has 1 fully saturated rings. The van der Waals surface area contributed by atoms with Crippen LogP contribution in [0.3, 0.4) is 0 Å². The molecule has 1 saturated heterocycles. The van der Waals surface area contributed by atoms with Crippen molar-refractivity contribution in [1.82, 2.24) is 25.1 Å². The van der Waals surface area contributed by atoms with Crippen LogP contribution in [0.4, 0.5) is 5.82 Å². The zero-order valence-electron chi connectivity index (χ0n) is 14.6. The topological polar surface area (TPSA) is 58.9 Å². The van der Waals surface area contributed by atoms with E-state index in [9.17, 15) is 0 Å². The molecule has 0 saturated carbocycles. The van der Waals surface area contributed by atoms with Crippen LogP contribution in [0.25, 0.3) is 11.0 Å². The Morgan fingerprint density at radius 2 is 2.12 bits per heavy atom. The molecule has 2 aromatic heterocycles. The van der Waals surface area contributed by atoms with Gasteiger partial charge in [-0.15, -0.1) is 5.10 Å². The van der Waals surface area contributed by atoms with Gasteiger partial charge in [-0.2, -0.15) is 5.10 Å². The molecule has 1 atom stereocenters. The van der Waals surface area contributed by atoms with Crippen LogP contribution in [0.5, 0.6) is 0 Å². The van der Waals surface area contributed by atoms with Gasteiger partial charge in [-0.05, 0) is 44.0 Å². The van der Waals surface area contributed by atoms with Gasteiger partial charge in [0.2, 0.25) is 0 Å². The van der Waals surface area contributed by atoms with Crippen LogP contribution in [0, 0.1) is 0 Å². The number of rotatable bonds is 6. The molecule has 1 N–H and O–H groups in total. The summed E-state index contributed by atoms with van der Waals surface area (Å²) in [6, 6.07) is 12.8. The molecule has 0 amide bonds. The van der Waals surface area contributed by atoms with Crippen molar-refractivity contribution >= 4 is 16.9 Å². The van der Waals surface area contributed by atoms with E-state index in [2.05, 4.69) is 50.1 Å².